The van der Waals surface area contributed by atoms with Crippen molar-refractivity contribution < 1.29 is 28.9 Å². The van der Waals surface area contributed by atoms with E-state index in [4.69, 9.17) is 30.9 Å². The second kappa shape index (κ2) is 8.39. The highest BCUT2D eigenvalue weighted by atomic mass is 35.5. The first kappa shape index (κ1) is 22.9. The molecule has 3 rings (SSSR count). The molecule has 0 bridgehead atoms. The molecule has 0 radical (unpaired) electrons. The summed E-state index contributed by atoms with van der Waals surface area (Å²) in [5.74, 6) is -0.999. The Balaban J connectivity index is 1.92. The fourth-order valence-electron chi connectivity index (χ4n) is 4.41. The number of rotatable bonds is 5. The first-order valence-electron chi connectivity index (χ1n) is 10.5. The molecular formula is C23H31ClO6. The first-order valence-corrected chi connectivity index (χ1v) is 10.8. The van der Waals surface area contributed by atoms with Gasteiger partial charge in [-0.1, -0.05) is 11.6 Å². The second-order valence-electron chi connectivity index (χ2n) is 9.75. The van der Waals surface area contributed by atoms with Gasteiger partial charge in [-0.15, -0.1) is 0 Å². The lowest BCUT2D eigenvalue weighted by atomic mass is 9.71. The molecule has 2 heterocycles. The highest BCUT2D eigenvalue weighted by Gasteiger charge is 2.52. The molecule has 4 atom stereocenters. The predicted molar refractivity (Wildman–Crippen MR) is 113 cm³/mol. The Bertz CT molecular complexity index is 812. The van der Waals surface area contributed by atoms with Crippen LogP contribution in [-0.2, 0) is 19.1 Å². The molecule has 0 amide bonds. The number of aliphatic carboxylic acids is 1. The number of esters is 1. The zero-order valence-electron chi connectivity index (χ0n) is 18.2. The summed E-state index contributed by atoms with van der Waals surface area (Å²) < 4.78 is 18.4. The molecule has 0 unspecified atom stereocenters. The number of carbonyl (C=O) groups is 2. The average molecular weight is 439 g/mol. The number of halogens is 1. The molecule has 1 saturated heterocycles. The predicted octanol–water partition coefficient (Wildman–Crippen LogP) is 5.17. The van der Waals surface area contributed by atoms with Crippen LogP contribution >= 0.6 is 11.6 Å². The normalized spacial score (nSPS) is 27.4. The lowest BCUT2D eigenvalue weighted by Crippen LogP contribution is -2.53. The maximum atomic E-state index is 13.0. The van der Waals surface area contributed by atoms with Gasteiger partial charge in [0.15, 0.2) is 0 Å². The number of hydrogen-bond acceptors (Lipinski definition) is 5. The molecule has 1 fully saturated rings. The van der Waals surface area contributed by atoms with Crippen molar-refractivity contribution in [2.45, 2.75) is 83.7 Å². The summed E-state index contributed by atoms with van der Waals surface area (Å²) in [7, 11) is 0. The van der Waals surface area contributed by atoms with Gasteiger partial charge in [-0.3, -0.25) is 9.59 Å². The minimum atomic E-state index is -0.859. The van der Waals surface area contributed by atoms with Crippen LogP contribution in [0.2, 0.25) is 5.02 Å². The quantitative estimate of drug-likeness (QED) is 0.638. The van der Waals surface area contributed by atoms with E-state index in [0.717, 1.165) is 11.3 Å². The van der Waals surface area contributed by atoms with Crippen molar-refractivity contribution in [3.05, 3.63) is 28.8 Å². The van der Waals surface area contributed by atoms with Crippen LogP contribution in [0.4, 0.5) is 0 Å². The Morgan fingerprint density at radius 2 is 2.00 bits per heavy atom. The molecule has 0 aromatic heterocycles. The molecule has 2 aliphatic rings. The third-order valence-electron chi connectivity index (χ3n) is 5.78. The van der Waals surface area contributed by atoms with Crippen LogP contribution in [0, 0.1) is 11.8 Å². The zero-order chi connectivity index (χ0) is 22.3. The van der Waals surface area contributed by atoms with Gasteiger partial charge in [0.25, 0.3) is 0 Å². The number of carboxylic acids is 1. The summed E-state index contributed by atoms with van der Waals surface area (Å²) >= 11 is 6.24. The molecule has 1 N–H and O–H groups in total. The summed E-state index contributed by atoms with van der Waals surface area (Å²) in [6.45, 7) is 9.51. The molecule has 1 aromatic rings. The van der Waals surface area contributed by atoms with E-state index in [2.05, 4.69) is 0 Å². The lowest BCUT2D eigenvalue weighted by molar-refractivity contribution is -0.198. The summed E-state index contributed by atoms with van der Waals surface area (Å²) in [5, 5.41) is 9.62. The molecule has 0 spiro atoms. The molecule has 0 saturated carbocycles. The van der Waals surface area contributed by atoms with Crippen LogP contribution in [0.1, 0.15) is 72.0 Å². The van der Waals surface area contributed by atoms with E-state index < -0.39 is 29.2 Å². The van der Waals surface area contributed by atoms with E-state index in [0.29, 0.717) is 24.3 Å². The SMILES string of the molecule is CC(C)(C)OC(=O)[C@@H]1C[C@@H]2[C@@H](O[C@@H]1CCCC(=O)O)c1cc(Cl)ccc1OC2(C)C. The van der Waals surface area contributed by atoms with Crippen LogP contribution in [0.25, 0.3) is 0 Å². The van der Waals surface area contributed by atoms with Crippen molar-refractivity contribution in [3.8, 4) is 5.75 Å². The van der Waals surface area contributed by atoms with Gasteiger partial charge in [-0.05, 0) is 72.1 Å². The minimum absolute atomic E-state index is 0.0337. The Morgan fingerprint density at radius 3 is 2.63 bits per heavy atom. The van der Waals surface area contributed by atoms with E-state index in [1.165, 1.54) is 0 Å². The van der Waals surface area contributed by atoms with Gasteiger partial charge in [0.05, 0.1) is 18.1 Å². The average Bonchev–Trinajstić information content (AvgIpc) is 2.60. The molecule has 6 nitrogen and oxygen atoms in total. The third kappa shape index (κ3) is 5.09. The second-order valence-corrected chi connectivity index (χ2v) is 10.2. The van der Waals surface area contributed by atoms with Gasteiger partial charge in [0.2, 0.25) is 0 Å². The molecule has 0 aliphatic carbocycles. The molecule has 166 valence electrons. The van der Waals surface area contributed by atoms with Gasteiger partial charge in [-0.2, -0.15) is 0 Å². The maximum Gasteiger partial charge on any atom is 0.312 e. The molecular weight excluding hydrogens is 408 g/mol. The number of fused-ring (bicyclic) bond motifs is 3. The van der Waals surface area contributed by atoms with Crippen LogP contribution in [0.3, 0.4) is 0 Å². The Morgan fingerprint density at radius 1 is 1.30 bits per heavy atom. The van der Waals surface area contributed by atoms with Crippen LogP contribution in [-0.4, -0.2) is 34.4 Å². The highest BCUT2D eigenvalue weighted by molar-refractivity contribution is 6.30. The number of benzene rings is 1. The largest absolute Gasteiger partial charge is 0.487 e. The fraction of sp³-hybridized carbons (Fsp3) is 0.652. The van der Waals surface area contributed by atoms with Gasteiger partial charge in [0.1, 0.15) is 17.0 Å². The topological polar surface area (TPSA) is 82.1 Å². The molecule has 30 heavy (non-hydrogen) atoms. The van der Waals surface area contributed by atoms with E-state index in [1.807, 2.05) is 46.8 Å². The van der Waals surface area contributed by atoms with E-state index >= 15 is 0 Å². The van der Waals surface area contributed by atoms with E-state index in [1.54, 1.807) is 6.07 Å². The summed E-state index contributed by atoms with van der Waals surface area (Å²) in [5.41, 5.74) is -0.284. The zero-order valence-corrected chi connectivity index (χ0v) is 19.0. The van der Waals surface area contributed by atoms with E-state index in [-0.39, 0.29) is 24.4 Å². The Labute approximate surface area is 182 Å². The van der Waals surface area contributed by atoms with Gasteiger partial charge in [0, 0.05) is 22.9 Å². The van der Waals surface area contributed by atoms with Crippen LogP contribution in [0.15, 0.2) is 18.2 Å². The van der Waals surface area contributed by atoms with Crippen LogP contribution < -0.4 is 4.74 Å². The number of ether oxygens (including phenoxy) is 3. The lowest BCUT2D eigenvalue weighted by Gasteiger charge is -2.50. The van der Waals surface area contributed by atoms with Crippen molar-refractivity contribution in [2.24, 2.45) is 11.8 Å². The summed E-state index contributed by atoms with van der Waals surface area (Å²) in [4.78, 5) is 24.0. The van der Waals surface area contributed by atoms with E-state index in [9.17, 15) is 9.59 Å². The van der Waals surface area contributed by atoms with Gasteiger partial charge in [-0.25, -0.2) is 0 Å². The number of carboxylic acid groups (broad SMARTS) is 1. The van der Waals surface area contributed by atoms with Crippen LogP contribution in [0.5, 0.6) is 5.75 Å². The fourth-order valence-corrected chi connectivity index (χ4v) is 4.59. The van der Waals surface area contributed by atoms with Crippen molar-refractivity contribution in [3.63, 3.8) is 0 Å². The standard InChI is InChI=1S/C23H31ClO6/c1-22(2,3)30-21(27)15-12-16-20(28-17(15)7-6-8-19(25)26)14-11-13(24)9-10-18(14)29-23(16,4)5/h9-11,15-17,20H,6-8,12H2,1-5H3,(H,25,26)/t15-,16-,17-,20+/m1/s1. The summed E-state index contributed by atoms with van der Waals surface area (Å²) in [6.07, 6.45) is 0.759. The highest BCUT2D eigenvalue weighted by Crippen LogP contribution is 2.53. The van der Waals surface area contributed by atoms with Crippen molar-refractivity contribution in [1.29, 1.82) is 0 Å². The van der Waals surface area contributed by atoms with Gasteiger partial charge < -0.3 is 19.3 Å². The van der Waals surface area contributed by atoms with Crippen molar-refractivity contribution in [2.75, 3.05) is 0 Å². The third-order valence-corrected chi connectivity index (χ3v) is 6.01. The first-order chi connectivity index (χ1) is 13.9. The van der Waals surface area contributed by atoms with Crippen molar-refractivity contribution >= 4 is 23.5 Å². The monoisotopic (exact) mass is 438 g/mol. The molecule has 7 heteroatoms. The Kier molecular flexibility index (Phi) is 6.40. The molecule has 2 aliphatic heterocycles. The minimum Gasteiger partial charge on any atom is -0.487 e. The number of hydrogen-bond donors (Lipinski definition) is 1. The molecule has 1 aromatic carbocycles. The number of carbonyl (C=O) groups excluding carboxylic acids is 1. The smallest absolute Gasteiger partial charge is 0.312 e. The maximum absolute atomic E-state index is 13.0. The summed E-state index contributed by atoms with van der Waals surface area (Å²) in [6, 6.07) is 5.48. The van der Waals surface area contributed by atoms with Crippen molar-refractivity contribution in [1.82, 2.24) is 0 Å². The van der Waals surface area contributed by atoms with Gasteiger partial charge >= 0.3 is 11.9 Å². The Hall–Kier alpha value is -1.79.